The van der Waals surface area contributed by atoms with E-state index in [0.29, 0.717) is 0 Å². The van der Waals surface area contributed by atoms with Gasteiger partial charge in [-0.05, 0) is 126 Å². The Kier molecular flexibility index (Phi) is 8.66. The summed E-state index contributed by atoms with van der Waals surface area (Å²) in [6.07, 6.45) is 0. The van der Waals surface area contributed by atoms with E-state index in [1.54, 1.807) is 0 Å². The van der Waals surface area contributed by atoms with E-state index in [9.17, 15) is 0 Å². The van der Waals surface area contributed by atoms with Crippen LogP contribution in [0.25, 0.3) is 83.1 Å². The average molecular weight is 917 g/mol. The Bertz CT molecular complexity index is 4160. The maximum Gasteiger partial charge on any atom is 0.0725 e. The van der Waals surface area contributed by atoms with Gasteiger partial charge in [0.15, 0.2) is 0 Å². The van der Waals surface area contributed by atoms with Crippen molar-refractivity contribution in [3.8, 4) is 61.3 Å². The number of rotatable bonds is 6. The summed E-state index contributed by atoms with van der Waals surface area (Å²) in [6, 6.07) is 95.4. The minimum atomic E-state index is -0.435. The largest absolute Gasteiger partial charge is 0.309 e. The van der Waals surface area contributed by atoms with E-state index in [2.05, 4.69) is 278 Å². The molecule has 0 radical (unpaired) electrons. The lowest BCUT2D eigenvalue weighted by molar-refractivity contribution is 0.660. The molecule has 12 aromatic rings. The molecular formula is C70H48N2. The molecule has 3 aliphatic carbocycles. The molecule has 0 unspecified atom stereocenters. The number of hydrogen-bond donors (Lipinski definition) is 0. The van der Waals surface area contributed by atoms with Crippen molar-refractivity contribution < 1.29 is 0 Å². The highest BCUT2D eigenvalue weighted by molar-refractivity contribution is 6.11. The third kappa shape index (κ3) is 5.49. The lowest BCUT2D eigenvalue weighted by atomic mass is 9.70. The smallest absolute Gasteiger partial charge is 0.0725 e. The van der Waals surface area contributed by atoms with Gasteiger partial charge in [-0.15, -0.1) is 0 Å². The number of para-hydroxylation sites is 4. The molecule has 0 atom stereocenters. The number of fused-ring (bicyclic) bond motifs is 16. The Labute approximate surface area is 420 Å². The highest BCUT2D eigenvalue weighted by atomic mass is 15.1. The highest BCUT2D eigenvalue weighted by Crippen LogP contribution is 2.64. The second-order valence-electron chi connectivity index (χ2n) is 20.3. The Balaban J connectivity index is 1.00. The summed E-state index contributed by atoms with van der Waals surface area (Å²) in [5.74, 6) is 0. The molecule has 72 heavy (non-hydrogen) atoms. The lowest BCUT2D eigenvalue weighted by Gasteiger charge is -2.32. The number of nitrogens with zero attached hydrogens (tertiary/aromatic N) is 2. The average Bonchev–Trinajstić information content (AvgIpc) is 4.12. The number of benzene rings is 11. The molecular weight excluding hydrogens is 869 g/mol. The van der Waals surface area contributed by atoms with Crippen LogP contribution in [0.15, 0.2) is 255 Å². The Morgan fingerprint density at radius 1 is 0.319 bits per heavy atom. The number of hydrogen-bond acceptors (Lipinski definition) is 1. The first-order chi connectivity index (χ1) is 35.5. The van der Waals surface area contributed by atoms with Gasteiger partial charge in [-0.1, -0.05) is 220 Å². The summed E-state index contributed by atoms with van der Waals surface area (Å²) >= 11 is 0. The van der Waals surface area contributed by atoms with Gasteiger partial charge in [0.1, 0.15) is 0 Å². The molecule has 0 amide bonds. The summed E-state index contributed by atoms with van der Waals surface area (Å²) in [7, 11) is 0. The van der Waals surface area contributed by atoms with Crippen molar-refractivity contribution in [3.05, 3.63) is 288 Å². The van der Waals surface area contributed by atoms with Gasteiger partial charge in [0, 0.05) is 38.7 Å². The first-order valence-electron chi connectivity index (χ1n) is 25.3. The van der Waals surface area contributed by atoms with Crippen LogP contribution in [-0.4, -0.2) is 4.57 Å². The van der Waals surface area contributed by atoms with Gasteiger partial charge in [-0.25, -0.2) is 0 Å². The minimum absolute atomic E-state index is 0.134. The molecule has 1 heterocycles. The van der Waals surface area contributed by atoms with E-state index in [0.717, 1.165) is 33.9 Å². The molecule has 0 saturated carbocycles. The Morgan fingerprint density at radius 3 is 1.53 bits per heavy atom. The number of aromatic nitrogens is 1. The first-order valence-corrected chi connectivity index (χ1v) is 25.3. The van der Waals surface area contributed by atoms with Crippen molar-refractivity contribution in [2.24, 2.45) is 0 Å². The summed E-state index contributed by atoms with van der Waals surface area (Å²) in [5.41, 5.74) is 26.9. The molecule has 1 aromatic heterocycles. The predicted octanol–water partition coefficient (Wildman–Crippen LogP) is 18.2. The van der Waals surface area contributed by atoms with E-state index in [4.69, 9.17) is 0 Å². The summed E-state index contributed by atoms with van der Waals surface area (Å²) in [5, 5.41) is 2.48. The van der Waals surface area contributed by atoms with Crippen LogP contribution >= 0.6 is 0 Å². The first kappa shape index (κ1) is 40.9. The van der Waals surface area contributed by atoms with Gasteiger partial charge >= 0.3 is 0 Å². The van der Waals surface area contributed by atoms with Crippen molar-refractivity contribution in [3.63, 3.8) is 0 Å². The molecule has 2 nitrogen and oxygen atoms in total. The van der Waals surface area contributed by atoms with Gasteiger partial charge in [-0.3, -0.25) is 0 Å². The summed E-state index contributed by atoms with van der Waals surface area (Å²) < 4.78 is 2.42. The summed E-state index contributed by atoms with van der Waals surface area (Å²) in [4.78, 5) is 2.55. The molecule has 0 saturated heterocycles. The van der Waals surface area contributed by atoms with Gasteiger partial charge in [-0.2, -0.15) is 0 Å². The molecule has 3 aliphatic rings. The monoisotopic (exact) mass is 916 g/mol. The van der Waals surface area contributed by atoms with Crippen LogP contribution in [0.5, 0.6) is 0 Å². The normalized spacial score (nSPS) is 13.9. The maximum atomic E-state index is 2.55. The molecule has 0 aliphatic heterocycles. The fraction of sp³-hybridized carbons (Fsp3) is 0.0571. The van der Waals surface area contributed by atoms with Gasteiger partial charge in [0.25, 0.3) is 0 Å². The second kappa shape index (κ2) is 15.3. The molecule has 2 heteroatoms. The maximum absolute atomic E-state index is 2.55. The van der Waals surface area contributed by atoms with E-state index in [-0.39, 0.29) is 5.41 Å². The van der Waals surface area contributed by atoms with E-state index in [1.165, 1.54) is 99.7 Å². The van der Waals surface area contributed by atoms with Crippen molar-refractivity contribution in [2.45, 2.75) is 24.7 Å². The van der Waals surface area contributed by atoms with Gasteiger partial charge < -0.3 is 9.47 Å². The molecule has 0 bridgehead atoms. The number of anilines is 3. The van der Waals surface area contributed by atoms with Crippen LogP contribution in [0.2, 0.25) is 0 Å². The van der Waals surface area contributed by atoms with Gasteiger partial charge in [0.2, 0.25) is 0 Å². The van der Waals surface area contributed by atoms with Gasteiger partial charge in [0.05, 0.1) is 27.8 Å². The quantitative estimate of drug-likeness (QED) is 0.161. The lowest BCUT2D eigenvalue weighted by Crippen LogP contribution is -2.25. The fourth-order valence-electron chi connectivity index (χ4n) is 13.4. The molecule has 11 aromatic carbocycles. The van der Waals surface area contributed by atoms with Crippen molar-refractivity contribution >= 4 is 38.9 Å². The van der Waals surface area contributed by atoms with Crippen LogP contribution in [0.1, 0.15) is 47.2 Å². The third-order valence-corrected chi connectivity index (χ3v) is 16.4. The molecule has 0 N–H and O–H groups in total. The van der Waals surface area contributed by atoms with Crippen LogP contribution in [0.4, 0.5) is 17.1 Å². The predicted molar refractivity (Wildman–Crippen MR) is 300 cm³/mol. The van der Waals surface area contributed by atoms with Crippen molar-refractivity contribution in [2.75, 3.05) is 4.90 Å². The van der Waals surface area contributed by atoms with Crippen LogP contribution in [0.3, 0.4) is 0 Å². The van der Waals surface area contributed by atoms with Crippen LogP contribution in [-0.2, 0) is 10.8 Å². The molecule has 1 spiro atoms. The third-order valence-electron chi connectivity index (χ3n) is 16.4. The van der Waals surface area contributed by atoms with Crippen LogP contribution in [0, 0.1) is 0 Å². The molecule has 0 fully saturated rings. The molecule has 338 valence electrons. The van der Waals surface area contributed by atoms with Crippen molar-refractivity contribution in [1.29, 1.82) is 0 Å². The summed E-state index contributed by atoms with van der Waals surface area (Å²) in [6.45, 7) is 4.75. The van der Waals surface area contributed by atoms with E-state index >= 15 is 0 Å². The van der Waals surface area contributed by atoms with Crippen LogP contribution < -0.4 is 4.90 Å². The zero-order valence-corrected chi connectivity index (χ0v) is 40.1. The minimum Gasteiger partial charge on any atom is -0.309 e. The topological polar surface area (TPSA) is 8.17 Å². The molecule has 15 rings (SSSR count). The fourth-order valence-corrected chi connectivity index (χ4v) is 13.4. The standard InChI is InChI=1S/C70H48N2/c1-69(2)58-31-13-9-29-56(58)68-55(30-20-35-63(68)69)53-28-12-19-38-66(53)72(64-36-17-10-23-48(64)45-39-41-54-52-27-11-18-37-65(52)71(67(54)43-45)46-21-4-3-5-22-46)47-40-42-62-57(44-47)51-26-8-16-34-61(51)70(62)59-32-14-6-24-49(59)50-25-7-15-33-60(50)70/h3-44H,1-2H3. The zero-order chi connectivity index (χ0) is 47.7. The van der Waals surface area contributed by atoms with E-state index in [1.807, 2.05) is 0 Å². The Morgan fingerprint density at radius 2 is 0.819 bits per heavy atom. The Hall–Kier alpha value is -8.98. The van der Waals surface area contributed by atoms with Crippen molar-refractivity contribution in [1.82, 2.24) is 4.57 Å². The highest BCUT2D eigenvalue weighted by Gasteiger charge is 2.51. The van der Waals surface area contributed by atoms with E-state index < -0.39 is 5.41 Å². The SMILES string of the molecule is CC1(C)c2ccccc2-c2c(-c3ccccc3N(c3ccc4c(c3)-c3ccccc3C43c4ccccc4-c4ccccc43)c3ccccc3-c3ccc4c5ccccc5n(-c5ccccc5)c4c3)cccc21. The second-order valence-corrected chi connectivity index (χ2v) is 20.3. The zero-order valence-electron chi connectivity index (χ0n) is 40.1.